The van der Waals surface area contributed by atoms with Gasteiger partial charge in [0.05, 0.1) is 10.3 Å². The second-order valence-corrected chi connectivity index (χ2v) is 5.27. The molecule has 1 N–H and O–H groups in total. The highest BCUT2D eigenvalue weighted by Crippen LogP contribution is 2.33. The Labute approximate surface area is 122 Å². The summed E-state index contributed by atoms with van der Waals surface area (Å²) in [6, 6.07) is 7.53. The first-order valence-corrected chi connectivity index (χ1v) is 6.82. The first kappa shape index (κ1) is 13.4. The fourth-order valence-electron chi connectivity index (χ4n) is 1.86. The van der Waals surface area contributed by atoms with Gasteiger partial charge in [-0.05, 0) is 29.0 Å². The van der Waals surface area contributed by atoms with Crippen molar-refractivity contribution in [3.63, 3.8) is 0 Å². The van der Waals surface area contributed by atoms with Gasteiger partial charge in [0.2, 0.25) is 0 Å². The second-order valence-electron chi connectivity index (χ2n) is 4.26. The number of hydrogen-bond donors (Lipinski definition) is 1. The molecule has 0 saturated carbocycles. The van der Waals surface area contributed by atoms with Gasteiger partial charge >= 0.3 is 5.00 Å². The van der Waals surface area contributed by atoms with Crippen LogP contribution in [0.3, 0.4) is 0 Å². The highest BCUT2D eigenvalue weighted by Gasteiger charge is 2.15. The number of thiophene rings is 1. The zero-order valence-electron chi connectivity index (χ0n) is 10.6. The monoisotopic (exact) mass is 304 g/mol. The zero-order valence-corrected chi connectivity index (χ0v) is 11.4. The largest absolute Gasteiger partial charge is 0.365 e. The van der Waals surface area contributed by atoms with Crippen molar-refractivity contribution >= 4 is 32.4 Å². The number of halogens is 1. The van der Waals surface area contributed by atoms with Gasteiger partial charge in [-0.3, -0.25) is 10.1 Å². The lowest BCUT2D eigenvalue weighted by Gasteiger charge is -2.06. The lowest BCUT2D eigenvalue weighted by molar-refractivity contribution is -0.380. The van der Waals surface area contributed by atoms with Crippen LogP contribution >= 0.6 is 11.3 Å². The average molecular weight is 304 g/mol. The van der Waals surface area contributed by atoms with E-state index in [0.717, 1.165) is 16.9 Å². The number of benzene rings is 1. The van der Waals surface area contributed by atoms with Crippen molar-refractivity contribution in [3.8, 4) is 0 Å². The lowest BCUT2D eigenvalue weighted by atomic mass is 10.2. The third-order valence-electron chi connectivity index (χ3n) is 2.87. The molecule has 0 saturated heterocycles. The Bertz CT molecular complexity index is 804. The molecule has 2 heterocycles. The van der Waals surface area contributed by atoms with Crippen molar-refractivity contribution in [2.45, 2.75) is 6.54 Å². The summed E-state index contributed by atoms with van der Waals surface area (Å²) in [5.41, 5.74) is 0.882. The van der Waals surface area contributed by atoms with E-state index in [2.05, 4.69) is 15.3 Å². The number of aromatic nitrogens is 2. The molecular formula is C13H9FN4O2S. The molecule has 106 valence electrons. The first-order valence-electron chi connectivity index (χ1n) is 6.01. The molecule has 0 amide bonds. The number of anilines is 1. The summed E-state index contributed by atoms with van der Waals surface area (Å²) in [5, 5.41) is 14.5. The number of fused-ring (bicyclic) bond motifs is 1. The lowest BCUT2D eigenvalue weighted by Crippen LogP contribution is -2.01. The van der Waals surface area contributed by atoms with Crippen LogP contribution in [0.5, 0.6) is 0 Å². The molecule has 21 heavy (non-hydrogen) atoms. The summed E-state index contributed by atoms with van der Waals surface area (Å²) in [5.74, 6) is 0.227. The Kier molecular flexibility index (Phi) is 3.44. The van der Waals surface area contributed by atoms with Gasteiger partial charge in [-0.15, -0.1) is 0 Å². The van der Waals surface area contributed by atoms with Crippen LogP contribution in [0.15, 0.2) is 36.7 Å². The van der Waals surface area contributed by atoms with Crippen LogP contribution in [0.2, 0.25) is 0 Å². The molecule has 8 heteroatoms. The van der Waals surface area contributed by atoms with E-state index in [1.165, 1.54) is 24.5 Å². The van der Waals surface area contributed by atoms with Crippen molar-refractivity contribution in [2.75, 3.05) is 5.32 Å². The van der Waals surface area contributed by atoms with Gasteiger partial charge in [-0.2, -0.15) is 0 Å². The highest BCUT2D eigenvalue weighted by molar-refractivity contribution is 7.21. The van der Waals surface area contributed by atoms with E-state index in [4.69, 9.17) is 0 Å². The Morgan fingerprint density at radius 2 is 2.05 bits per heavy atom. The van der Waals surface area contributed by atoms with E-state index < -0.39 is 4.92 Å². The van der Waals surface area contributed by atoms with Crippen LogP contribution < -0.4 is 5.32 Å². The summed E-state index contributed by atoms with van der Waals surface area (Å²) in [7, 11) is 0. The van der Waals surface area contributed by atoms with E-state index >= 15 is 0 Å². The molecule has 0 bridgehead atoms. The quantitative estimate of drug-likeness (QED) is 0.590. The summed E-state index contributed by atoms with van der Waals surface area (Å²) >= 11 is 1.00. The highest BCUT2D eigenvalue weighted by atomic mass is 32.1. The van der Waals surface area contributed by atoms with Gasteiger partial charge in [0.1, 0.15) is 22.8 Å². The Morgan fingerprint density at radius 1 is 1.29 bits per heavy atom. The third-order valence-corrected chi connectivity index (χ3v) is 3.86. The van der Waals surface area contributed by atoms with Crippen molar-refractivity contribution in [1.29, 1.82) is 0 Å². The molecule has 3 rings (SSSR count). The second kappa shape index (κ2) is 5.41. The molecule has 0 atom stereocenters. The summed E-state index contributed by atoms with van der Waals surface area (Å²) in [4.78, 5) is 19.0. The van der Waals surface area contributed by atoms with Crippen LogP contribution in [-0.4, -0.2) is 14.9 Å². The smallest absolute Gasteiger partial charge is 0.326 e. The van der Waals surface area contributed by atoms with E-state index in [0.29, 0.717) is 22.6 Å². The summed E-state index contributed by atoms with van der Waals surface area (Å²) in [6.45, 7) is 0.441. The summed E-state index contributed by atoms with van der Waals surface area (Å²) in [6.07, 6.45) is 1.36. The molecule has 1 aromatic carbocycles. The fourth-order valence-corrected chi connectivity index (χ4v) is 2.68. The normalized spacial score (nSPS) is 10.7. The number of nitrogens with one attached hydrogen (secondary N) is 1. The van der Waals surface area contributed by atoms with Crippen LogP contribution in [0.1, 0.15) is 5.56 Å². The van der Waals surface area contributed by atoms with Crippen molar-refractivity contribution in [1.82, 2.24) is 9.97 Å². The summed E-state index contributed by atoms with van der Waals surface area (Å²) < 4.78 is 12.8. The molecule has 6 nitrogen and oxygen atoms in total. The zero-order chi connectivity index (χ0) is 14.8. The Morgan fingerprint density at radius 3 is 2.76 bits per heavy atom. The van der Waals surface area contributed by atoms with Crippen molar-refractivity contribution < 1.29 is 9.31 Å². The van der Waals surface area contributed by atoms with E-state index in [-0.39, 0.29) is 10.8 Å². The van der Waals surface area contributed by atoms with Crippen molar-refractivity contribution in [2.24, 2.45) is 0 Å². The van der Waals surface area contributed by atoms with E-state index in [1.807, 2.05) is 0 Å². The predicted molar refractivity (Wildman–Crippen MR) is 77.8 cm³/mol. The van der Waals surface area contributed by atoms with Gasteiger partial charge in [0.15, 0.2) is 0 Å². The van der Waals surface area contributed by atoms with E-state index in [9.17, 15) is 14.5 Å². The number of rotatable bonds is 4. The molecule has 0 aliphatic heterocycles. The SMILES string of the molecule is O=[N+]([O-])c1cc2c(NCc3ccc(F)cc3)ncnc2s1. The molecule has 0 unspecified atom stereocenters. The van der Waals surface area contributed by atoms with Gasteiger partial charge in [0.25, 0.3) is 0 Å². The number of hydrogen-bond acceptors (Lipinski definition) is 6. The predicted octanol–water partition coefficient (Wildman–Crippen LogP) is 3.35. The minimum Gasteiger partial charge on any atom is -0.365 e. The van der Waals surface area contributed by atoms with Crippen LogP contribution in [0, 0.1) is 15.9 Å². The number of nitro groups is 1. The molecule has 2 aromatic heterocycles. The number of nitrogens with zero attached hydrogens (tertiary/aromatic N) is 3. The molecule has 0 aliphatic rings. The average Bonchev–Trinajstić information content (AvgIpc) is 2.91. The molecular weight excluding hydrogens is 295 g/mol. The fraction of sp³-hybridized carbons (Fsp3) is 0.0769. The maximum Gasteiger partial charge on any atom is 0.326 e. The van der Waals surface area contributed by atoms with E-state index in [1.54, 1.807) is 12.1 Å². The molecule has 0 fully saturated rings. The maximum absolute atomic E-state index is 12.8. The maximum atomic E-state index is 12.8. The minimum atomic E-state index is -0.448. The Balaban J connectivity index is 1.86. The molecule has 0 radical (unpaired) electrons. The minimum absolute atomic E-state index is 0.0235. The van der Waals surface area contributed by atoms with Crippen LogP contribution in [-0.2, 0) is 6.54 Å². The first-order chi connectivity index (χ1) is 10.1. The van der Waals surface area contributed by atoms with Crippen LogP contribution in [0.25, 0.3) is 10.2 Å². The molecule has 0 aliphatic carbocycles. The van der Waals surface area contributed by atoms with Gasteiger partial charge in [0, 0.05) is 12.6 Å². The topological polar surface area (TPSA) is 81.0 Å². The third kappa shape index (κ3) is 2.79. The van der Waals surface area contributed by atoms with Gasteiger partial charge in [-0.1, -0.05) is 12.1 Å². The van der Waals surface area contributed by atoms with Gasteiger partial charge < -0.3 is 5.32 Å². The standard InChI is InChI=1S/C13H9FN4O2S/c14-9-3-1-8(2-4-9)6-15-12-10-5-11(18(19)20)21-13(10)17-7-16-12/h1-5,7H,6H2,(H,15,16,17). The Hall–Kier alpha value is -2.61. The van der Waals surface area contributed by atoms with Crippen molar-refractivity contribution in [3.05, 3.63) is 58.2 Å². The van der Waals surface area contributed by atoms with Gasteiger partial charge in [-0.25, -0.2) is 14.4 Å². The molecule has 3 aromatic rings. The molecule has 0 spiro atoms. The van der Waals surface area contributed by atoms with Crippen LogP contribution in [0.4, 0.5) is 15.2 Å².